The molecule has 0 rings (SSSR count). The molecule has 0 spiro atoms. The van der Waals surface area contributed by atoms with Crippen LogP contribution in [0, 0.1) is 11.3 Å². The van der Waals surface area contributed by atoms with Gasteiger partial charge in [-0.3, -0.25) is 0 Å². The molecule has 0 fully saturated rings. The van der Waals surface area contributed by atoms with Gasteiger partial charge in [-0.25, -0.2) is 9.59 Å². The highest BCUT2D eigenvalue weighted by atomic mass is 16.5. The van der Waals surface area contributed by atoms with Crippen molar-refractivity contribution in [2.45, 2.75) is 27.7 Å². The molecule has 0 aliphatic carbocycles. The fourth-order valence-electron chi connectivity index (χ4n) is 0.971. The molecular weight excluding hydrogens is 236 g/mol. The maximum Gasteiger partial charge on any atom is 0.329 e. The van der Waals surface area contributed by atoms with Gasteiger partial charge in [0.15, 0.2) is 0 Å². The van der Waals surface area contributed by atoms with Crippen LogP contribution in [-0.2, 0) is 9.53 Å². The summed E-state index contributed by atoms with van der Waals surface area (Å²) >= 11 is 0. The van der Waals surface area contributed by atoms with Crippen LogP contribution in [0.2, 0.25) is 0 Å². The first kappa shape index (κ1) is 16.7. The van der Waals surface area contributed by atoms with Gasteiger partial charge in [-0.1, -0.05) is 27.7 Å². The summed E-state index contributed by atoms with van der Waals surface area (Å²) in [4.78, 5) is 21.6. The third-order valence-electron chi connectivity index (χ3n) is 3.03. The number of carbonyl (C=O) groups excluding carboxylic acids is 1. The first-order valence-corrected chi connectivity index (χ1v) is 6.07. The summed E-state index contributed by atoms with van der Waals surface area (Å²) < 4.78 is 4.79. The Labute approximate surface area is 108 Å². The largest absolute Gasteiger partial charge is 0.480 e. The van der Waals surface area contributed by atoms with E-state index in [0.29, 0.717) is 19.0 Å². The van der Waals surface area contributed by atoms with Crippen LogP contribution in [0.15, 0.2) is 0 Å². The third kappa shape index (κ3) is 7.89. The molecule has 2 amide bonds. The number of amides is 2. The SMILES string of the molecule is CC(C)C(C)(C)CNC(=O)NCCOCC(=O)O. The molecule has 0 saturated heterocycles. The molecule has 0 aromatic heterocycles. The summed E-state index contributed by atoms with van der Waals surface area (Å²) in [5, 5.41) is 13.7. The molecule has 3 N–H and O–H groups in total. The van der Waals surface area contributed by atoms with Gasteiger partial charge in [0.05, 0.1) is 6.61 Å². The smallest absolute Gasteiger partial charge is 0.329 e. The van der Waals surface area contributed by atoms with Gasteiger partial charge in [0.25, 0.3) is 0 Å². The Bertz CT molecular complexity index is 277. The summed E-state index contributed by atoms with van der Waals surface area (Å²) in [6.07, 6.45) is 0. The number of urea groups is 1. The van der Waals surface area contributed by atoms with Crippen molar-refractivity contribution in [1.29, 1.82) is 0 Å². The fraction of sp³-hybridized carbons (Fsp3) is 0.833. The Hall–Kier alpha value is -1.30. The molecule has 18 heavy (non-hydrogen) atoms. The molecule has 0 atom stereocenters. The second-order valence-corrected chi connectivity index (χ2v) is 5.20. The van der Waals surface area contributed by atoms with Gasteiger partial charge < -0.3 is 20.5 Å². The summed E-state index contributed by atoms with van der Waals surface area (Å²) in [5.41, 5.74) is 0.0388. The minimum absolute atomic E-state index is 0.0388. The summed E-state index contributed by atoms with van der Waals surface area (Å²) in [6.45, 7) is 9.13. The van der Waals surface area contributed by atoms with Crippen molar-refractivity contribution in [2.75, 3.05) is 26.3 Å². The Balaban J connectivity index is 3.63. The van der Waals surface area contributed by atoms with E-state index in [2.05, 4.69) is 38.3 Å². The first-order chi connectivity index (χ1) is 8.25. The normalized spacial score (nSPS) is 11.4. The average Bonchev–Trinajstić information content (AvgIpc) is 2.25. The number of carboxylic acid groups (broad SMARTS) is 1. The van der Waals surface area contributed by atoms with E-state index in [1.165, 1.54) is 0 Å². The minimum Gasteiger partial charge on any atom is -0.480 e. The van der Waals surface area contributed by atoms with E-state index in [-0.39, 0.29) is 24.7 Å². The van der Waals surface area contributed by atoms with Crippen molar-refractivity contribution in [1.82, 2.24) is 10.6 Å². The van der Waals surface area contributed by atoms with Crippen LogP contribution < -0.4 is 10.6 Å². The van der Waals surface area contributed by atoms with Crippen LogP contribution in [0.3, 0.4) is 0 Å². The highest BCUT2D eigenvalue weighted by Gasteiger charge is 2.22. The molecule has 0 unspecified atom stereocenters. The second kappa shape index (κ2) is 7.92. The van der Waals surface area contributed by atoms with Gasteiger partial charge >= 0.3 is 12.0 Å². The van der Waals surface area contributed by atoms with E-state index in [1.807, 2.05) is 0 Å². The quantitative estimate of drug-likeness (QED) is 0.570. The molecule has 6 nitrogen and oxygen atoms in total. The van der Waals surface area contributed by atoms with Gasteiger partial charge in [-0.05, 0) is 11.3 Å². The Morgan fingerprint density at radius 2 is 1.89 bits per heavy atom. The number of hydrogen-bond acceptors (Lipinski definition) is 3. The van der Waals surface area contributed by atoms with Crippen molar-refractivity contribution < 1.29 is 19.4 Å². The fourth-order valence-corrected chi connectivity index (χ4v) is 0.971. The van der Waals surface area contributed by atoms with Crippen molar-refractivity contribution in [3.8, 4) is 0 Å². The van der Waals surface area contributed by atoms with E-state index in [1.54, 1.807) is 0 Å². The number of carbonyl (C=O) groups is 2. The number of rotatable bonds is 8. The van der Waals surface area contributed by atoms with Crippen LogP contribution in [-0.4, -0.2) is 43.4 Å². The molecule has 0 aliphatic rings. The van der Waals surface area contributed by atoms with Gasteiger partial charge in [-0.2, -0.15) is 0 Å². The zero-order valence-corrected chi connectivity index (χ0v) is 11.6. The van der Waals surface area contributed by atoms with Crippen LogP contribution in [0.5, 0.6) is 0 Å². The van der Waals surface area contributed by atoms with E-state index < -0.39 is 5.97 Å². The molecular formula is C12H24N2O4. The maximum atomic E-state index is 11.4. The lowest BCUT2D eigenvalue weighted by Crippen LogP contribution is -2.43. The van der Waals surface area contributed by atoms with Crippen LogP contribution in [0.25, 0.3) is 0 Å². The van der Waals surface area contributed by atoms with Gasteiger partial charge in [-0.15, -0.1) is 0 Å². The summed E-state index contributed by atoms with van der Waals surface area (Å²) in [6, 6.07) is -0.261. The standard InChI is InChI=1S/C12H24N2O4/c1-9(2)12(3,4)8-14-11(17)13-5-6-18-7-10(15)16/h9H,5-8H2,1-4H3,(H,15,16)(H2,13,14,17). The van der Waals surface area contributed by atoms with Crippen molar-refractivity contribution >= 4 is 12.0 Å². The lowest BCUT2D eigenvalue weighted by atomic mass is 9.81. The monoisotopic (exact) mass is 260 g/mol. The molecule has 0 aromatic carbocycles. The zero-order chi connectivity index (χ0) is 14.2. The maximum absolute atomic E-state index is 11.4. The summed E-state index contributed by atoms with van der Waals surface area (Å²) in [7, 11) is 0. The molecule has 0 saturated carbocycles. The highest BCUT2D eigenvalue weighted by Crippen LogP contribution is 2.24. The molecule has 0 heterocycles. The van der Waals surface area contributed by atoms with Crippen LogP contribution >= 0.6 is 0 Å². The van der Waals surface area contributed by atoms with Crippen LogP contribution in [0.1, 0.15) is 27.7 Å². The molecule has 0 bridgehead atoms. The lowest BCUT2D eigenvalue weighted by Gasteiger charge is -2.29. The second-order valence-electron chi connectivity index (χ2n) is 5.20. The van der Waals surface area contributed by atoms with E-state index in [4.69, 9.17) is 9.84 Å². The number of carboxylic acids is 1. The summed E-state index contributed by atoms with van der Waals surface area (Å²) in [5.74, 6) is -0.546. The van der Waals surface area contributed by atoms with Gasteiger partial charge in [0.2, 0.25) is 0 Å². The number of ether oxygens (including phenoxy) is 1. The minimum atomic E-state index is -1.02. The third-order valence-corrected chi connectivity index (χ3v) is 3.03. The lowest BCUT2D eigenvalue weighted by molar-refractivity contribution is -0.142. The first-order valence-electron chi connectivity index (χ1n) is 6.07. The van der Waals surface area contributed by atoms with Crippen molar-refractivity contribution in [3.05, 3.63) is 0 Å². The topological polar surface area (TPSA) is 87.7 Å². The van der Waals surface area contributed by atoms with E-state index >= 15 is 0 Å². The van der Waals surface area contributed by atoms with Crippen LogP contribution in [0.4, 0.5) is 4.79 Å². The van der Waals surface area contributed by atoms with E-state index in [0.717, 1.165) is 0 Å². The zero-order valence-electron chi connectivity index (χ0n) is 11.6. The van der Waals surface area contributed by atoms with Crippen molar-refractivity contribution in [2.24, 2.45) is 11.3 Å². The highest BCUT2D eigenvalue weighted by molar-refractivity contribution is 5.73. The molecule has 0 radical (unpaired) electrons. The van der Waals surface area contributed by atoms with Gasteiger partial charge in [0.1, 0.15) is 6.61 Å². The molecule has 0 aliphatic heterocycles. The van der Waals surface area contributed by atoms with Crippen molar-refractivity contribution in [3.63, 3.8) is 0 Å². The molecule has 106 valence electrons. The Morgan fingerprint density at radius 3 is 2.39 bits per heavy atom. The average molecular weight is 260 g/mol. The Morgan fingerprint density at radius 1 is 1.28 bits per heavy atom. The molecule has 6 heteroatoms. The number of hydrogen-bond donors (Lipinski definition) is 3. The predicted molar refractivity (Wildman–Crippen MR) is 68.5 cm³/mol. The van der Waals surface area contributed by atoms with E-state index in [9.17, 15) is 9.59 Å². The predicted octanol–water partition coefficient (Wildman–Crippen LogP) is 1.07. The Kier molecular flexibility index (Phi) is 7.35. The van der Waals surface area contributed by atoms with Gasteiger partial charge in [0, 0.05) is 13.1 Å². The number of nitrogens with one attached hydrogen (secondary N) is 2. The number of aliphatic carboxylic acids is 1. The molecule has 0 aromatic rings.